The molecule has 0 spiro atoms. The van der Waals surface area contributed by atoms with E-state index < -0.39 is 12.1 Å². The third-order valence-electron chi connectivity index (χ3n) is 1.90. The number of benzene rings is 1. The van der Waals surface area contributed by atoms with Crippen molar-refractivity contribution in [3.63, 3.8) is 0 Å². The van der Waals surface area contributed by atoms with Gasteiger partial charge in [-0.2, -0.15) is 0 Å². The number of rotatable bonds is 4. The SMILES string of the molecule is CCC(OC(C)=O)C(=O)Sc1ccccc1. The number of hydrogen-bond acceptors (Lipinski definition) is 4. The summed E-state index contributed by atoms with van der Waals surface area (Å²) in [6, 6.07) is 9.31. The molecular weight excluding hydrogens is 224 g/mol. The van der Waals surface area contributed by atoms with Crippen LogP contribution >= 0.6 is 11.8 Å². The van der Waals surface area contributed by atoms with Gasteiger partial charge in [0.05, 0.1) is 0 Å². The van der Waals surface area contributed by atoms with Crippen molar-refractivity contribution < 1.29 is 14.3 Å². The van der Waals surface area contributed by atoms with Crippen LogP contribution < -0.4 is 0 Å². The van der Waals surface area contributed by atoms with E-state index in [4.69, 9.17) is 4.74 Å². The molecule has 1 aromatic rings. The van der Waals surface area contributed by atoms with Gasteiger partial charge in [0.25, 0.3) is 0 Å². The third kappa shape index (κ3) is 4.06. The Hall–Kier alpha value is -1.29. The average molecular weight is 238 g/mol. The predicted octanol–water partition coefficient (Wildman–Crippen LogP) is 2.65. The molecule has 0 aromatic heterocycles. The minimum atomic E-state index is -0.650. The van der Waals surface area contributed by atoms with Gasteiger partial charge in [-0.15, -0.1) is 0 Å². The maximum Gasteiger partial charge on any atom is 0.303 e. The number of hydrogen-bond donors (Lipinski definition) is 0. The summed E-state index contributed by atoms with van der Waals surface area (Å²) in [5.74, 6) is -0.422. The maximum absolute atomic E-state index is 11.8. The summed E-state index contributed by atoms with van der Waals surface area (Å²) in [5, 5.41) is -0.135. The van der Waals surface area contributed by atoms with Gasteiger partial charge < -0.3 is 4.74 Å². The smallest absolute Gasteiger partial charge is 0.303 e. The van der Waals surface area contributed by atoms with Crippen LogP contribution in [0.25, 0.3) is 0 Å². The summed E-state index contributed by atoms with van der Waals surface area (Å²) in [6.07, 6.45) is -0.152. The van der Waals surface area contributed by atoms with E-state index in [1.54, 1.807) is 0 Å². The van der Waals surface area contributed by atoms with E-state index in [9.17, 15) is 9.59 Å². The molecule has 0 radical (unpaired) electrons. The van der Waals surface area contributed by atoms with Gasteiger partial charge in [0.15, 0.2) is 6.10 Å². The Bertz CT molecular complexity index is 362. The van der Waals surface area contributed by atoms with Gasteiger partial charge in [-0.05, 0) is 30.3 Å². The highest BCUT2D eigenvalue weighted by Gasteiger charge is 2.20. The van der Waals surface area contributed by atoms with Gasteiger partial charge in [-0.1, -0.05) is 25.1 Å². The summed E-state index contributed by atoms with van der Waals surface area (Å²) in [7, 11) is 0. The van der Waals surface area contributed by atoms with Crippen LogP contribution in [0.2, 0.25) is 0 Å². The largest absolute Gasteiger partial charge is 0.454 e. The van der Waals surface area contributed by atoms with Crippen LogP contribution in [0.5, 0.6) is 0 Å². The molecule has 1 rings (SSSR count). The summed E-state index contributed by atoms with van der Waals surface area (Å²) < 4.78 is 4.92. The number of carbonyl (C=O) groups excluding carboxylic acids is 2. The molecule has 3 nitrogen and oxygen atoms in total. The Morgan fingerprint density at radius 1 is 1.31 bits per heavy atom. The van der Waals surface area contributed by atoms with Crippen LogP contribution in [-0.4, -0.2) is 17.2 Å². The van der Waals surface area contributed by atoms with Crippen LogP contribution in [0.3, 0.4) is 0 Å². The molecular formula is C12H14O3S. The van der Waals surface area contributed by atoms with Gasteiger partial charge >= 0.3 is 5.97 Å². The van der Waals surface area contributed by atoms with Gasteiger partial charge in [0.2, 0.25) is 5.12 Å². The van der Waals surface area contributed by atoms with E-state index in [0.29, 0.717) is 6.42 Å². The Balaban J connectivity index is 2.59. The second kappa shape index (κ2) is 6.33. The van der Waals surface area contributed by atoms with Crippen LogP contribution in [0, 0.1) is 0 Å². The molecule has 0 fully saturated rings. The number of esters is 1. The molecule has 1 atom stereocenters. The van der Waals surface area contributed by atoms with Crippen LogP contribution in [-0.2, 0) is 14.3 Å². The van der Waals surface area contributed by atoms with Gasteiger partial charge in [-0.3, -0.25) is 9.59 Å². The average Bonchev–Trinajstić information content (AvgIpc) is 2.26. The maximum atomic E-state index is 11.8. The molecule has 0 aliphatic rings. The fourth-order valence-electron chi connectivity index (χ4n) is 1.17. The molecule has 1 unspecified atom stereocenters. The summed E-state index contributed by atoms with van der Waals surface area (Å²) in [4.78, 5) is 23.4. The van der Waals surface area contributed by atoms with Gasteiger partial charge in [0.1, 0.15) is 0 Å². The first kappa shape index (κ1) is 12.8. The van der Waals surface area contributed by atoms with Gasteiger partial charge in [0, 0.05) is 11.8 Å². The van der Waals surface area contributed by atoms with Crippen LogP contribution in [0.4, 0.5) is 0 Å². The highest BCUT2D eigenvalue weighted by atomic mass is 32.2. The minimum Gasteiger partial charge on any atom is -0.454 e. The first-order chi connectivity index (χ1) is 7.63. The van der Waals surface area contributed by atoms with Gasteiger partial charge in [-0.25, -0.2) is 0 Å². The van der Waals surface area contributed by atoms with Crippen molar-refractivity contribution in [2.45, 2.75) is 31.3 Å². The topological polar surface area (TPSA) is 43.4 Å². The van der Waals surface area contributed by atoms with Crippen molar-refractivity contribution >= 4 is 22.8 Å². The third-order valence-corrected chi connectivity index (χ3v) is 2.88. The van der Waals surface area contributed by atoms with Crippen molar-refractivity contribution in [1.82, 2.24) is 0 Å². The van der Waals surface area contributed by atoms with Crippen LogP contribution in [0.1, 0.15) is 20.3 Å². The highest BCUT2D eigenvalue weighted by Crippen LogP contribution is 2.21. The summed E-state index contributed by atoms with van der Waals surface area (Å²) in [6.45, 7) is 3.13. The molecule has 1 aromatic carbocycles. The lowest BCUT2D eigenvalue weighted by molar-refractivity contribution is -0.150. The fourth-order valence-corrected chi connectivity index (χ4v) is 2.04. The molecule has 0 saturated carbocycles. The Morgan fingerprint density at radius 2 is 1.94 bits per heavy atom. The lowest BCUT2D eigenvalue weighted by Crippen LogP contribution is -2.23. The molecule has 0 N–H and O–H groups in total. The second-order valence-electron chi connectivity index (χ2n) is 3.24. The fraction of sp³-hybridized carbons (Fsp3) is 0.333. The first-order valence-electron chi connectivity index (χ1n) is 5.07. The molecule has 0 aliphatic heterocycles. The monoisotopic (exact) mass is 238 g/mol. The number of carbonyl (C=O) groups is 2. The van der Waals surface area contributed by atoms with E-state index in [0.717, 1.165) is 16.7 Å². The van der Waals surface area contributed by atoms with Crippen molar-refractivity contribution in [3.8, 4) is 0 Å². The lowest BCUT2D eigenvalue weighted by Gasteiger charge is -2.12. The second-order valence-corrected chi connectivity index (χ2v) is 4.32. The van der Waals surface area contributed by atoms with E-state index in [-0.39, 0.29) is 5.12 Å². The predicted molar refractivity (Wildman–Crippen MR) is 63.2 cm³/mol. The molecule has 0 bridgehead atoms. The zero-order valence-corrected chi connectivity index (χ0v) is 10.1. The van der Waals surface area contributed by atoms with Crippen molar-refractivity contribution in [2.75, 3.05) is 0 Å². The normalized spacial score (nSPS) is 11.9. The Labute approximate surface area is 99.2 Å². The number of thioether (sulfide) groups is 1. The molecule has 0 aliphatic carbocycles. The molecule has 4 heteroatoms. The van der Waals surface area contributed by atoms with E-state index in [1.165, 1.54) is 6.92 Å². The molecule has 0 amide bonds. The first-order valence-corrected chi connectivity index (χ1v) is 5.89. The van der Waals surface area contributed by atoms with Crippen molar-refractivity contribution in [2.24, 2.45) is 0 Å². The quantitative estimate of drug-likeness (QED) is 0.597. The molecule has 0 saturated heterocycles. The van der Waals surface area contributed by atoms with E-state index in [2.05, 4.69) is 0 Å². The number of ether oxygens (including phenoxy) is 1. The molecule has 16 heavy (non-hydrogen) atoms. The molecule has 86 valence electrons. The zero-order chi connectivity index (χ0) is 12.0. The van der Waals surface area contributed by atoms with E-state index >= 15 is 0 Å². The van der Waals surface area contributed by atoms with Crippen molar-refractivity contribution in [3.05, 3.63) is 30.3 Å². The van der Waals surface area contributed by atoms with Crippen LogP contribution in [0.15, 0.2) is 35.2 Å². The summed E-state index contributed by atoms with van der Waals surface area (Å²) in [5.41, 5.74) is 0. The van der Waals surface area contributed by atoms with Crippen molar-refractivity contribution in [1.29, 1.82) is 0 Å². The minimum absolute atomic E-state index is 0.135. The van der Waals surface area contributed by atoms with E-state index in [1.807, 2.05) is 37.3 Å². The molecule has 0 heterocycles. The lowest BCUT2D eigenvalue weighted by atomic mass is 10.3. The summed E-state index contributed by atoms with van der Waals surface area (Å²) >= 11 is 1.10. The Kier molecular flexibility index (Phi) is 5.05. The standard InChI is InChI=1S/C12H14O3S/c1-3-11(15-9(2)13)12(14)16-10-7-5-4-6-8-10/h4-8,11H,3H2,1-2H3. The highest BCUT2D eigenvalue weighted by molar-refractivity contribution is 8.13. The zero-order valence-electron chi connectivity index (χ0n) is 9.30. The Morgan fingerprint density at radius 3 is 2.44 bits per heavy atom.